The Labute approximate surface area is 196 Å². The summed E-state index contributed by atoms with van der Waals surface area (Å²) in [7, 11) is 0. The topological polar surface area (TPSA) is 119 Å². The monoisotopic (exact) mass is 469 g/mol. The molecule has 0 radical (unpaired) electrons. The van der Waals surface area contributed by atoms with Crippen LogP contribution in [0.25, 0.3) is 11.4 Å². The van der Waals surface area contributed by atoms with Gasteiger partial charge in [-0.25, -0.2) is 9.18 Å². The number of carbonyl (C=O) groups is 2. The van der Waals surface area contributed by atoms with Gasteiger partial charge in [0.2, 0.25) is 5.82 Å². The lowest BCUT2D eigenvalue weighted by Crippen LogP contribution is -2.42. The number of ether oxygens (including phenoxy) is 1. The van der Waals surface area contributed by atoms with Gasteiger partial charge in [-0.3, -0.25) is 4.79 Å². The van der Waals surface area contributed by atoms with Gasteiger partial charge >= 0.3 is 12.1 Å². The zero-order valence-corrected chi connectivity index (χ0v) is 19.4. The summed E-state index contributed by atoms with van der Waals surface area (Å²) in [4.78, 5) is 24.4. The van der Waals surface area contributed by atoms with Gasteiger partial charge in [0.15, 0.2) is 0 Å². The molecule has 0 aliphatic heterocycles. The molecule has 0 bridgehead atoms. The van der Waals surface area contributed by atoms with Gasteiger partial charge in [0, 0.05) is 0 Å². The van der Waals surface area contributed by atoms with Gasteiger partial charge in [0.05, 0.1) is 24.6 Å². The van der Waals surface area contributed by atoms with Crippen LogP contribution in [-0.4, -0.2) is 49.0 Å². The van der Waals surface area contributed by atoms with Crippen molar-refractivity contribution in [1.29, 1.82) is 0 Å². The second kappa shape index (κ2) is 10.9. The predicted molar refractivity (Wildman–Crippen MR) is 122 cm³/mol. The van der Waals surface area contributed by atoms with E-state index >= 15 is 0 Å². The van der Waals surface area contributed by atoms with Gasteiger partial charge < -0.3 is 15.2 Å². The molecule has 0 aliphatic carbocycles. The number of nitrogens with one attached hydrogen (secondary N) is 1. The summed E-state index contributed by atoms with van der Waals surface area (Å²) in [6.07, 6.45) is 0.356. The number of carboxylic acids is 1. The van der Waals surface area contributed by atoms with E-state index in [2.05, 4.69) is 20.7 Å². The average Bonchev–Trinajstić information content (AvgIpc) is 3.19. The second-order valence-corrected chi connectivity index (χ2v) is 8.91. The first-order valence-electron chi connectivity index (χ1n) is 10.9. The Bertz CT molecular complexity index is 1130. The van der Waals surface area contributed by atoms with Crippen LogP contribution >= 0.6 is 0 Å². The Balaban J connectivity index is 1.66. The highest BCUT2D eigenvalue weighted by atomic mass is 19.1. The number of alkyl carbamates (subject to hydrolysis) is 1. The summed E-state index contributed by atoms with van der Waals surface area (Å²) in [6, 6.07) is 14.0. The van der Waals surface area contributed by atoms with E-state index in [9.17, 15) is 14.0 Å². The molecule has 10 heteroatoms. The van der Waals surface area contributed by atoms with Crippen molar-refractivity contribution in [2.24, 2.45) is 0 Å². The predicted octanol–water partition coefficient (Wildman–Crippen LogP) is 3.63. The molecule has 2 N–H and O–H groups in total. The number of hydrogen-bond acceptors (Lipinski definition) is 6. The van der Waals surface area contributed by atoms with Crippen molar-refractivity contribution in [2.75, 3.05) is 0 Å². The number of halogens is 1. The third kappa shape index (κ3) is 7.65. The molecule has 0 saturated heterocycles. The highest BCUT2D eigenvalue weighted by Gasteiger charge is 2.23. The first kappa shape index (κ1) is 24.8. The Morgan fingerprint density at radius 3 is 2.47 bits per heavy atom. The molecule has 0 saturated carbocycles. The van der Waals surface area contributed by atoms with E-state index in [1.54, 1.807) is 26.8 Å². The smallest absolute Gasteiger partial charge is 0.407 e. The van der Waals surface area contributed by atoms with Crippen LogP contribution in [0, 0.1) is 5.82 Å². The molecule has 3 aromatic rings. The first-order chi connectivity index (χ1) is 16.1. The molecular formula is C24H28FN5O4. The zero-order valence-electron chi connectivity index (χ0n) is 19.4. The van der Waals surface area contributed by atoms with Crippen molar-refractivity contribution in [2.45, 2.75) is 58.2 Å². The number of tetrazole rings is 1. The summed E-state index contributed by atoms with van der Waals surface area (Å²) in [5.41, 5.74) is 1.47. The molecule has 0 aliphatic rings. The number of benzene rings is 2. The number of hydrogen-bond donors (Lipinski definition) is 2. The molecule has 1 heterocycles. The molecule has 1 aromatic heterocycles. The molecular weight excluding hydrogens is 441 g/mol. The SMILES string of the molecule is CC(C)(C)OC(=O)NC(CC(=O)O)Cn1nnc(-c2ccc(CCc3ccccc3)cc2F)n1. The van der Waals surface area contributed by atoms with E-state index in [0.717, 1.165) is 16.8 Å². The van der Waals surface area contributed by atoms with Crippen LogP contribution in [0.5, 0.6) is 0 Å². The quantitative estimate of drug-likeness (QED) is 0.491. The molecule has 180 valence electrons. The summed E-state index contributed by atoms with van der Waals surface area (Å²) >= 11 is 0. The molecule has 1 unspecified atom stereocenters. The van der Waals surface area contributed by atoms with E-state index in [1.807, 2.05) is 36.4 Å². The lowest BCUT2D eigenvalue weighted by Gasteiger charge is -2.22. The maximum atomic E-state index is 14.8. The van der Waals surface area contributed by atoms with Crippen LogP contribution < -0.4 is 5.32 Å². The molecule has 0 spiro atoms. The van der Waals surface area contributed by atoms with Gasteiger partial charge in [-0.15, -0.1) is 10.2 Å². The van der Waals surface area contributed by atoms with Crippen LogP contribution in [0.2, 0.25) is 0 Å². The summed E-state index contributed by atoms with van der Waals surface area (Å²) in [5, 5.41) is 23.6. The minimum absolute atomic E-state index is 0.0680. The van der Waals surface area contributed by atoms with Gasteiger partial charge in [0.25, 0.3) is 0 Å². The normalized spacial score (nSPS) is 12.2. The Morgan fingerprint density at radius 2 is 1.82 bits per heavy atom. The Hall–Kier alpha value is -3.82. The van der Waals surface area contributed by atoms with E-state index in [-0.39, 0.29) is 24.4 Å². The van der Waals surface area contributed by atoms with Crippen molar-refractivity contribution in [3.05, 3.63) is 65.5 Å². The van der Waals surface area contributed by atoms with E-state index in [0.29, 0.717) is 6.42 Å². The van der Waals surface area contributed by atoms with Crippen LogP contribution in [0.15, 0.2) is 48.5 Å². The Kier molecular flexibility index (Phi) is 7.93. The van der Waals surface area contributed by atoms with Crippen molar-refractivity contribution in [3.63, 3.8) is 0 Å². The second-order valence-electron chi connectivity index (χ2n) is 8.91. The van der Waals surface area contributed by atoms with Crippen LogP contribution in [0.1, 0.15) is 38.3 Å². The summed E-state index contributed by atoms with van der Waals surface area (Å²) < 4.78 is 19.9. The fourth-order valence-corrected chi connectivity index (χ4v) is 3.30. The number of carboxylic acid groups (broad SMARTS) is 1. The standard InChI is InChI=1S/C24H28FN5O4/c1-24(2,3)34-23(33)26-18(14-21(31)32)15-30-28-22(27-29-30)19-12-11-17(13-20(19)25)10-9-16-7-5-4-6-8-16/h4-8,11-13,18H,9-10,14-15H2,1-3H3,(H,26,33)(H,31,32). The number of aromatic nitrogens is 4. The summed E-state index contributed by atoms with van der Waals surface area (Å²) in [6.45, 7) is 5.03. The fraction of sp³-hybridized carbons (Fsp3) is 0.375. The molecule has 9 nitrogen and oxygen atoms in total. The van der Waals surface area contributed by atoms with Crippen molar-refractivity contribution < 1.29 is 23.8 Å². The highest BCUT2D eigenvalue weighted by Crippen LogP contribution is 2.21. The lowest BCUT2D eigenvalue weighted by atomic mass is 10.0. The number of rotatable bonds is 9. The number of aliphatic carboxylic acids is 1. The van der Waals surface area contributed by atoms with E-state index in [4.69, 9.17) is 9.84 Å². The Morgan fingerprint density at radius 1 is 1.12 bits per heavy atom. The fourth-order valence-electron chi connectivity index (χ4n) is 3.30. The molecule has 1 atom stereocenters. The van der Waals surface area contributed by atoms with Crippen molar-refractivity contribution >= 4 is 12.1 Å². The van der Waals surface area contributed by atoms with Crippen LogP contribution in [0.4, 0.5) is 9.18 Å². The third-order valence-corrected chi connectivity index (χ3v) is 4.80. The van der Waals surface area contributed by atoms with Crippen LogP contribution in [0.3, 0.4) is 0 Å². The molecule has 3 rings (SSSR count). The third-order valence-electron chi connectivity index (χ3n) is 4.80. The zero-order chi connectivity index (χ0) is 24.7. The maximum Gasteiger partial charge on any atom is 0.407 e. The number of aryl methyl sites for hydroxylation is 2. The molecule has 1 amide bonds. The van der Waals surface area contributed by atoms with Crippen molar-refractivity contribution in [3.8, 4) is 11.4 Å². The van der Waals surface area contributed by atoms with Crippen LogP contribution in [-0.2, 0) is 28.9 Å². The van der Waals surface area contributed by atoms with Gasteiger partial charge in [-0.2, -0.15) is 4.80 Å². The van der Waals surface area contributed by atoms with Gasteiger partial charge in [-0.05, 0) is 62.1 Å². The highest BCUT2D eigenvalue weighted by molar-refractivity contribution is 5.71. The number of nitrogens with zero attached hydrogens (tertiary/aromatic N) is 4. The molecule has 34 heavy (non-hydrogen) atoms. The minimum Gasteiger partial charge on any atom is -0.481 e. The average molecular weight is 470 g/mol. The largest absolute Gasteiger partial charge is 0.481 e. The van der Waals surface area contributed by atoms with E-state index in [1.165, 1.54) is 11.6 Å². The number of amides is 1. The summed E-state index contributed by atoms with van der Waals surface area (Å²) in [5.74, 6) is -1.52. The van der Waals surface area contributed by atoms with Gasteiger partial charge in [0.1, 0.15) is 11.4 Å². The lowest BCUT2D eigenvalue weighted by molar-refractivity contribution is -0.137. The minimum atomic E-state index is -1.11. The molecule has 2 aromatic carbocycles. The van der Waals surface area contributed by atoms with E-state index < -0.39 is 29.5 Å². The number of carbonyl (C=O) groups excluding carboxylic acids is 1. The molecule has 0 fully saturated rings. The first-order valence-corrected chi connectivity index (χ1v) is 10.9. The van der Waals surface area contributed by atoms with Gasteiger partial charge in [-0.1, -0.05) is 36.4 Å². The maximum absolute atomic E-state index is 14.8. The van der Waals surface area contributed by atoms with Crippen molar-refractivity contribution in [1.82, 2.24) is 25.5 Å².